The van der Waals surface area contributed by atoms with Crippen LogP contribution < -0.4 is 5.32 Å². The SMILES string of the molecule is CCCC(CNC(C)C)Cc1nc(C(C)(C)C)cs1. The van der Waals surface area contributed by atoms with E-state index in [0.29, 0.717) is 12.0 Å². The van der Waals surface area contributed by atoms with Crippen molar-refractivity contribution in [3.8, 4) is 0 Å². The highest BCUT2D eigenvalue weighted by atomic mass is 32.1. The van der Waals surface area contributed by atoms with Crippen LogP contribution in [0.2, 0.25) is 0 Å². The molecule has 0 aliphatic rings. The van der Waals surface area contributed by atoms with Crippen LogP contribution in [0.4, 0.5) is 0 Å². The molecule has 0 fully saturated rings. The highest BCUT2D eigenvalue weighted by Gasteiger charge is 2.19. The standard InChI is InChI=1S/C16H30N2S/c1-7-8-13(10-17-12(2)3)9-15-18-14(11-19-15)16(4,5)6/h11-13,17H,7-10H2,1-6H3. The van der Waals surface area contributed by atoms with E-state index in [9.17, 15) is 0 Å². The summed E-state index contributed by atoms with van der Waals surface area (Å²) in [6.07, 6.45) is 3.65. The minimum atomic E-state index is 0.172. The summed E-state index contributed by atoms with van der Waals surface area (Å²) in [4.78, 5) is 4.82. The van der Waals surface area contributed by atoms with Gasteiger partial charge in [0.2, 0.25) is 0 Å². The average molecular weight is 282 g/mol. The van der Waals surface area contributed by atoms with E-state index in [1.54, 1.807) is 0 Å². The Morgan fingerprint density at radius 1 is 1.32 bits per heavy atom. The molecule has 1 heterocycles. The Labute approximate surface area is 123 Å². The van der Waals surface area contributed by atoms with Gasteiger partial charge < -0.3 is 5.32 Å². The van der Waals surface area contributed by atoms with Crippen molar-refractivity contribution < 1.29 is 0 Å². The quantitative estimate of drug-likeness (QED) is 0.802. The average Bonchev–Trinajstić information content (AvgIpc) is 2.74. The topological polar surface area (TPSA) is 24.9 Å². The lowest BCUT2D eigenvalue weighted by Crippen LogP contribution is -2.30. The maximum absolute atomic E-state index is 4.82. The lowest BCUT2D eigenvalue weighted by atomic mass is 9.93. The molecular weight excluding hydrogens is 252 g/mol. The number of nitrogens with one attached hydrogen (secondary N) is 1. The third-order valence-corrected chi connectivity index (χ3v) is 4.17. The van der Waals surface area contributed by atoms with Crippen LogP contribution in [0.5, 0.6) is 0 Å². The van der Waals surface area contributed by atoms with Gasteiger partial charge in [-0.25, -0.2) is 4.98 Å². The highest BCUT2D eigenvalue weighted by molar-refractivity contribution is 7.09. The number of rotatable bonds is 7. The van der Waals surface area contributed by atoms with Crippen LogP contribution in [-0.2, 0) is 11.8 Å². The Hall–Kier alpha value is -0.410. The predicted octanol–water partition coefficient (Wildman–Crippen LogP) is 4.40. The van der Waals surface area contributed by atoms with Gasteiger partial charge in [0.25, 0.3) is 0 Å². The molecular formula is C16H30N2S. The van der Waals surface area contributed by atoms with Gasteiger partial charge in [-0.2, -0.15) is 0 Å². The summed E-state index contributed by atoms with van der Waals surface area (Å²) in [6.45, 7) is 14.5. The van der Waals surface area contributed by atoms with Gasteiger partial charge in [-0.1, -0.05) is 48.0 Å². The zero-order chi connectivity index (χ0) is 14.5. The van der Waals surface area contributed by atoms with E-state index in [1.807, 2.05) is 11.3 Å². The molecule has 1 unspecified atom stereocenters. The predicted molar refractivity (Wildman–Crippen MR) is 86.1 cm³/mol. The van der Waals surface area contributed by atoms with Crippen molar-refractivity contribution in [1.82, 2.24) is 10.3 Å². The number of nitrogens with zero attached hydrogens (tertiary/aromatic N) is 1. The first-order chi connectivity index (χ1) is 8.82. The molecule has 1 rings (SSSR count). The van der Waals surface area contributed by atoms with E-state index in [0.717, 1.165) is 13.0 Å². The maximum atomic E-state index is 4.82. The third kappa shape index (κ3) is 6.05. The molecule has 110 valence electrons. The molecule has 0 radical (unpaired) electrons. The molecule has 3 heteroatoms. The van der Waals surface area contributed by atoms with Crippen molar-refractivity contribution in [1.29, 1.82) is 0 Å². The Bertz CT molecular complexity index is 363. The van der Waals surface area contributed by atoms with Crippen LogP contribution in [0.25, 0.3) is 0 Å². The van der Waals surface area contributed by atoms with Gasteiger partial charge in [0.1, 0.15) is 0 Å². The molecule has 19 heavy (non-hydrogen) atoms. The van der Waals surface area contributed by atoms with Crippen LogP contribution >= 0.6 is 11.3 Å². The minimum Gasteiger partial charge on any atom is -0.314 e. The molecule has 0 aromatic carbocycles. The zero-order valence-corrected chi connectivity index (χ0v) is 14.2. The summed E-state index contributed by atoms with van der Waals surface area (Å²) in [5.41, 5.74) is 1.41. The maximum Gasteiger partial charge on any atom is 0.0931 e. The van der Waals surface area contributed by atoms with Gasteiger partial charge >= 0.3 is 0 Å². The zero-order valence-electron chi connectivity index (χ0n) is 13.4. The second-order valence-corrected chi connectivity index (χ2v) is 7.74. The molecule has 0 saturated carbocycles. The summed E-state index contributed by atoms with van der Waals surface area (Å²) in [5.74, 6) is 0.714. The van der Waals surface area contributed by atoms with E-state index in [2.05, 4.69) is 52.2 Å². The highest BCUT2D eigenvalue weighted by Crippen LogP contribution is 2.25. The van der Waals surface area contributed by atoms with Crippen LogP contribution in [-0.4, -0.2) is 17.6 Å². The van der Waals surface area contributed by atoms with Gasteiger partial charge in [-0.3, -0.25) is 0 Å². The molecule has 1 N–H and O–H groups in total. The van der Waals surface area contributed by atoms with Crippen LogP contribution in [0.15, 0.2) is 5.38 Å². The Morgan fingerprint density at radius 3 is 2.47 bits per heavy atom. The Morgan fingerprint density at radius 2 is 2.00 bits per heavy atom. The van der Waals surface area contributed by atoms with E-state index in [1.165, 1.54) is 23.5 Å². The van der Waals surface area contributed by atoms with Crippen molar-refractivity contribution in [2.24, 2.45) is 5.92 Å². The molecule has 1 aromatic rings. The minimum absolute atomic E-state index is 0.172. The second-order valence-electron chi connectivity index (χ2n) is 6.80. The van der Waals surface area contributed by atoms with Crippen molar-refractivity contribution in [2.45, 2.75) is 72.3 Å². The van der Waals surface area contributed by atoms with Gasteiger partial charge in [0.15, 0.2) is 0 Å². The molecule has 1 aromatic heterocycles. The van der Waals surface area contributed by atoms with E-state index >= 15 is 0 Å². The van der Waals surface area contributed by atoms with Crippen molar-refractivity contribution in [3.05, 3.63) is 16.1 Å². The van der Waals surface area contributed by atoms with Gasteiger partial charge in [0.05, 0.1) is 10.7 Å². The summed E-state index contributed by atoms with van der Waals surface area (Å²) in [6, 6.07) is 0.570. The van der Waals surface area contributed by atoms with Gasteiger partial charge in [-0.05, 0) is 18.9 Å². The van der Waals surface area contributed by atoms with E-state index < -0.39 is 0 Å². The number of hydrogen-bond acceptors (Lipinski definition) is 3. The Balaban J connectivity index is 2.60. The third-order valence-electron chi connectivity index (χ3n) is 3.30. The number of thiazole rings is 1. The summed E-state index contributed by atoms with van der Waals surface area (Å²) < 4.78 is 0. The lowest BCUT2D eigenvalue weighted by Gasteiger charge is -2.18. The fraction of sp³-hybridized carbons (Fsp3) is 0.812. The molecule has 0 aliphatic carbocycles. The lowest BCUT2D eigenvalue weighted by molar-refractivity contribution is 0.417. The molecule has 2 nitrogen and oxygen atoms in total. The molecule has 0 bridgehead atoms. The van der Waals surface area contributed by atoms with Crippen molar-refractivity contribution in [2.75, 3.05) is 6.54 Å². The summed E-state index contributed by atoms with van der Waals surface area (Å²) >= 11 is 1.83. The molecule has 1 atom stereocenters. The normalized spacial score (nSPS) is 14.1. The second kappa shape index (κ2) is 7.39. The summed E-state index contributed by atoms with van der Waals surface area (Å²) in [5, 5.41) is 7.09. The molecule has 0 spiro atoms. The molecule has 0 aliphatic heterocycles. The first-order valence-electron chi connectivity index (χ1n) is 7.51. The first-order valence-corrected chi connectivity index (χ1v) is 8.39. The van der Waals surface area contributed by atoms with Crippen LogP contribution in [0.3, 0.4) is 0 Å². The smallest absolute Gasteiger partial charge is 0.0931 e. The fourth-order valence-electron chi connectivity index (χ4n) is 2.08. The monoisotopic (exact) mass is 282 g/mol. The van der Waals surface area contributed by atoms with E-state index in [-0.39, 0.29) is 5.41 Å². The fourth-order valence-corrected chi connectivity index (χ4v) is 3.22. The number of hydrogen-bond donors (Lipinski definition) is 1. The van der Waals surface area contributed by atoms with Crippen LogP contribution in [0.1, 0.15) is 65.1 Å². The van der Waals surface area contributed by atoms with Gasteiger partial charge in [0, 0.05) is 23.3 Å². The van der Waals surface area contributed by atoms with Crippen molar-refractivity contribution in [3.63, 3.8) is 0 Å². The molecule has 0 amide bonds. The van der Waals surface area contributed by atoms with Crippen LogP contribution in [0, 0.1) is 5.92 Å². The van der Waals surface area contributed by atoms with Crippen molar-refractivity contribution >= 4 is 11.3 Å². The van der Waals surface area contributed by atoms with E-state index in [4.69, 9.17) is 4.98 Å². The largest absolute Gasteiger partial charge is 0.314 e. The first kappa shape index (κ1) is 16.6. The Kier molecular flexibility index (Phi) is 6.48. The summed E-state index contributed by atoms with van der Waals surface area (Å²) in [7, 11) is 0. The van der Waals surface area contributed by atoms with Gasteiger partial charge in [-0.15, -0.1) is 11.3 Å². The molecule has 0 saturated heterocycles. The number of aromatic nitrogens is 1.